The van der Waals surface area contributed by atoms with Crippen molar-refractivity contribution in [1.82, 2.24) is 15.1 Å². The SMILES string of the molecule is CCN(CC)CCN(CC=O)[C@@H](CCC(=O)N[C@H]1CC[C@]2(C)C3CC(=O)[C@@]4(C)C(CC[C@@H]4C(C)CCC(=O)O)C3CC[C@@H]2C1)C(=O)O. The topological polar surface area (TPSA) is 144 Å². The number of hydrogen-bond acceptors (Lipinski definition) is 7. The number of carbonyl (C=O) groups is 5. The first-order valence-corrected chi connectivity index (χ1v) is 18.5. The van der Waals surface area contributed by atoms with Crippen molar-refractivity contribution in [3.63, 3.8) is 0 Å². The van der Waals surface area contributed by atoms with Crippen LogP contribution >= 0.6 is 0 Å². The van der Waals surface area contributed by atoms with Crippen molar-refractivity contribution in [2.75, 3.05) is 32.7 Å². The highest BCUT2D eigenvalue weighted by Gasteiger charge is 2.64. The first-order chi connectivity index (χ1) is 22.3. The van der Waals surface area contributed by atoms with Crippen molar-refractivity contribution in [2.24, 2.45) is 46.3 Å². The van der Waals surface area contributed by atoms with E-state index >= 15 is 0 Å². The molecule has 0 radical (unpaired) electrons. The lowest BCUT2D eigenvalue weighted by Crippen LogP contribution is -2.58. The van der Waals surface area contributed by atoms with Gasteiger partial charge in [-0.3, -0.25) is 24.1 Å². The summed E-state index contributed by atoms with van der Waals surface area (Å²) in [6.07, 6.45) is 9.38. The van der Waals surface area contributed by atoms with Gasteiger partial charge in [0.2, 0.25) is 5.91 Å². The minimum atomic E-state index is -1.01. The highest BCUT2D eigenvalue weighted by molar-refractivity contribution is 5.87. The van der Waals surface area contributed by atoms with Crippen LogP contribution in [-0.4, -0.2) is 94.7 Å². The van der Waals surface area contributed by atoms with Gasteiger partial charge < -0.3 is 25.2 Å². The largest absolute Gasteiger partial charge is 0.481 e. The van der Waals surface area contributed by atoms with Crippen LogP contribution < -0.4 is 5.32 Å². The molecule has 4 rings (SSSR count). The zero-order valence-corrected chi connectivity index (χ0v) is 29.5. The van der Waals surface area contributed by atoms with Crippen LogP contribution in [0, 0.1) is 46.3 Å². The highest BCUT2D eigenvalue weighted by Crippen LogP contribution is 2.67. The summed E-state index contributed by atoms with van der Waals surface area (Å²) >= 11 is 0. The third kappa shape index (κ3) is 7.95. The van der Waals surface area contributed by atoms with E-state index in [1.165, 1.54) is 0 Å². The normalized spacial score (nSPS) is 34.7. The summed E-state index contributed by atoms with van der Waals surface area (Å²) in [5, 5.41) is 22.4. The molecule has 0 heterocycles. The molecule has 0 aromatic carbocycles. The quantitative estimate of drug-likeness (QED) is 0.186. The van der Waals surface area contributed by atoms with Crippen molar-refractivity contribution in [1.29, 1.82) is 0 Å². The predicted octanol–water partition coefficient (Wildman–Crippen LogP) is 4.89. The van der Waals surface area contributed by atoms with Gasteiger partial charge in [0.1, 0.15) is 18.1 Å². The Morgan fingerprint density at radius 2 is 1.70 bits per heavy atom. The van der Waals surface area contributed by atoms with E-state index in [1.54, 1.807) is 4.90 Å². The Morgan fingerprint density at radius 3 is 2.34 bits per heavy atom. The van der Waals surface area contributed by atoms with Gasteiger partial charge >= 0.3 is 11.9 Å². The first kappa shape index (κ1) is 37.5. The zero-order valence-electron chi connectivity index (χ0n) is 29.5. The molecule has 4 aliphatic rings. The summed E-state index contributed by atoms with van der Waals surface area (Å²) in [4.78, 5) is 65.9. The molecule has 4 saturated carbocycles. The Labute approximate surface area is 281 Å². The summed E-state index contributed by atoms with van der Waals surface area (Å²) in [7, 11) is 0. The van der Waals surface area contributed by atoms with E-state index in [0.717, 1.165) is 64.3 Å². The molecule has 0 spiro atoms. The number of nitrogens with zero attached hydrogens (tertiary/aromatic N) is 2. The van der Waals surface area contributed by atoms with Gasteiger partial charge in [-0.05, 0) is 112 Å². The number of amides is 1. The number of Topliss-reactive ketones (excluding diaryl/α,β-unsaturated/α-hetero) is 1. The Kier molecular flexibility index (Phi) is 12.7. The summed E-state index contributed by atoms with van der Waals surface area (Å²) < 4.78 is 0. The first-order valence-electron chi connectivity index (χ1n) is 18.5. The van der Waals surface area contributed by atoms with Crippen LogP contribution in [0.4, 0.5) is 0 Å². The van der Waals surface area contributed by atoms with Gasteiger partial charge in [-0.15, -0.1) is 0 Å². The van der Waals surface area contributed by atoms with E-state index in [9.17, 15) is 34.2 Å². The van der Waals surface area contributed by atoms with Crippen LogP contribution in [0.2, 0.25) is 0 Å². The van der Waals surface area contributed by atoms with Gasteiger partial charge in [-0.1, -0.05) is 34.6 Å². The molecule has 10 atom stereocenters. The maximum Gasteiger partial charge on any atom is 0.320 e. The average molecular weight is 660 g/mol. The van der Waals surface area contributed by atoms with Crippen molar-refractivity contribution < 1.29 is 34.2 Å². The summed E-state index contributed by atoms with van der Waals surface area (Å²) in [6.45, 7) is 13.7. The number of aliphatic carboxylic acids is 2. The minimum Gasteiger partial charge on any atom is -0.481 e. The molecular weight excluding hydrogens is 598 g/mol. The molecule has 1 amide bonds. The molecule has 266 valence electrons. The lowest BCUT2D eigenvalue weighted by atomic mass is 9.44. The molecule has 3 N–H and O–H groups in total. The molecule has 10 heteroatoms. The van der Waals surface area contributed by atoms with Crippen molar-refractivity contribution in [3.05, 3.63) is 0 Å². The number of nitrogens with one attached hydrogen (secondary N) is 1. The van der Waals surface area contributed by atoms with Crippen LogP contribution in [0.1, 0.15) is 112 Å². The minimum absolute atomic E-state index is 0.0256. The Bertz CT molecular complexity index is 1140. The number of rotatable bonds is 17. The third-order valence-corrected chi connectivity index (χ3v) is 13.7. The van der Waals surface area contributed by atoms with Crippen molar-refractivity contribution in [2.45, 2.75) is 124 Å². The van der Waals surface area contributed by atoms with E-state index in [4.69, 9.17) is 0 Å². The Morgan fingerprint density at radius 1 is 0.979 bits per heavy atom. The second kappa shape index (κ2) is 15.9. The maximum atomic E-state index is 14.1. The van der Waals surface area contributed by atoms with Crippen LogP contribution in [0.3, 0.4) is 0 Å². The molecule has 4 unspecified atom stereocenters. The van der Waals surface area contributed by atoms with Gasteiger partial charge in [-0.2, -0.15) is 0 Å². The number of hydrogen-bond donors (Lipinski definition) is 3. The van der Waals surface area contributed by atoms with Gasteiger partial charge in [0.05, 0.1) is 6.54 Å². The molecule has 0 bridgehead atoms. The Hall–Kier alpha value is -2.33. The highest BCUT2D eigenvalue weighted by atomic mass is 16.4. The molecule has 0 aliphatic heterocycles. The number of likely N-dealkylation sites (N-methyl/N-ethyl adjacent to an activating group) is 1. The summed E-state index contributed by atoms with van der Waals surface area (Å²) in [5.41, 5.74) is -0.295. The van der Waals surface area contributed by atoms with Gasteiger partial charge in [0.25, 0.3) is 0 Å². The molecule has 4 aliphatic carbocycles. The number of carboxylic acid groups (broad SMARTS) is 2. The number of carbonyl (C=O) groups excluding carboxylic acids is 3. The average Bonchev–Trinajstić information content (AvgIpc) is 3.39. The number of fused-ring (bicyclic) bond motifs is 5. The lowest BCUT2D eigenvalue weighted by molar-refractivity contribution is -0.158. The molecule has 0 aromatic heterocycles. The fraction of sp³-hybridized carbons (Fsp3) is 0.865. The summed E-state index contributed by atoms with van der Waals surface area (Å²) in [6, 6.07) is -0.846. The van der Waals surface area contributed by atoms with E-state index < -0.39 is 18.0 Å². The standard InChI is InChI=1S/C37H61N3O7/c1-6-39(7-2)18-19-40(20-21-41)31(35(46)47)13-14-33(43)38-26-16-17-36(4)25(22-26)9-10-27-29-12-11-28(24(3)8-15-34(44)45)37(29,5)32(42)23-30(27)36/h21,24-31H,6-20,22-23H2,1-5H3,(H,38,43)(H,44,45)(H,46,47)/t24?,25-,26+,27?,28-,29?,30?,31+,36+,37-/m1/s1. The second-order valence-electron chi connectivity index (χ2n) is 15.8. The lowest BCUT2D eigenvalue weighted by Gasteiger charge is -2.60. The maximum absolute atomic E-state index is 14.1. The van der Waals surface area contributed by atoms with E-state index in [1.807, 2.05) is 0 Å². The van der Waals surface area contributed by atoms with Gasteiger partial charge in [0.15, 0.2) is 0 Å². The second-order valence-corrected chi connectivity index (χ2v) is 15.8. The van der Waals surface area contributed by atoms with Crippen LogP contribution in [0.15, 0.2) is 0 Å². The fourth-order valence-electron chi connectivity index (χ4n) is 10.9. The number of ketones is 1. The molecule has 4 fully saturated rings. The van der Waals surface area contributed by atoms with Crippen LogP contribution in [0.25, 0.3) is 0 Å². The monoisotopic (exact) mass is 659 g/mol. The number of carboxylic acids is 2. The molecule has 0 aromatic rings. The molecule has 0 saturated heterocycles. The van der Waals surface area contributed by atoms with E-state index in [2.05, 4.69) is 44.8 Å². The van der Waals surface area contributed by atoms with Gasteiger partial charge in [0, 0.05) is 43.8 Å². The van der Waals surface area contributed by atoms with Gasteiger partial charge in [-0.25, -0.2) is 0 Å². The Balaban J connectivity index is 1.34. The third-order valence-electron chi connectivity index (χ3n) is 13.7. The summed E-state index contributed by atoms with van der Waals surface area (Å²) in [5.74, 6) is 0.631. The van der Waals surface area contributed by atoms with E-state index in [0.29, 0.717) is 55.4 Å². The zero-order chi connectivity index (χ0) is 34.5. The predicted molar refractivity (Wildman–Crippen MR) is 180 cm³/mol. The van der Waals surface area contributed by atoms with Crippen LogP contribution in [-0.2, 0) is 24.0 Å². The van der Waals surface area contributed by atoms with E-state index in [-0.39, 0.29) is 60.4 Å². The fourth-order valence-corrected chi connectivity index (χ4v) is 10.9. The molecule has 47 heavy (non-hydrogen) atoms. The molecule has 10 nitrogen and oxygen atoms in total. The smallest absolute Gasteiger partial charge is 0.320 e. The van der Waals surface area contributed by atoms with Crippen molar-refractivity contribution >= 4 is 29.9 Å². The van der Waals surface area contributed by atoms with Crippen LogP contribution in [0.5, 0.6) is 0 Å². The van der Waals surface area contributed by atoms with Crippen molar-refractivity contribution in [3.8, 4) is 0 Å². The number of aldehydes is 1. The molecular formula is C37H61N3O7.